The van der Waals surface area contributed by atoms with Crippen molar-refractivity contribution in [2.24, 2.45) is 0 Å². The first-order valence-electron chi connectivity index (χ1n) is 5.34. The highest BCUT2D eigenvalue weighted by atomic mass is 35.5. The third kappa shape index (κ3) is 3.46. The SMILES string of the molecule is CCCN1CCN(C(=O)CCCl)CC1. The van der Waals surface area contributed by atoms with Crippen LogP contribution in [0, 0.1) is 0 Å². The van der Waals surface area contributed by atoms with Crippen LogP contribution in [0.15, 0.2) is 0 Å². The summed E-state index contributed by atoms with van der Waals surface area (Å²) in [5.74, 6) is 0.643. The molecule has 0 aromatic carbocycles. The first kappa shape index (κ1) is 11.8. The lowest BCUT2D eigenvalue weighted by Crippen LogP contribution is -2.48. The van der Waals surface area contributed by atoms with Gasteiger partial charge in [0.25, 0.3) is 0 Å². The summed E-state index contributed by atoms with van der Waals surface area (Å²) in [6.07, 6.45) is 1.67. The molecular formula is C10H19ClN2O. The molecule has 0 spiro atoms. The molecule has 0 aromatic heterocycles. The van der Waals surface area contributed by atoms with Crippen LogP contribution in [0.3, 0.4) is 0 Å². The van der Waals surface area contributed by atoms with Gasteiger partial charge in [0.05, 0.1) is 0 Å². The van der Waals surface area contributed by atoms with Gasteiger partial charge in [0.15, 0.2) is 0 Å². The third-order valence-corrected chi connectivity index (χ3v) is 2.76. The van der Waals surface area contributed by atoms with Crippen LogP contribution < -0.4 is 0 Å². The molecule has 0 unspecified atom stereocenters. The van der Waals surface area contributed by atoms with Gasteiger partial charge in [-0.1, -0.05) is 6.92 Å². The molecule has 82 valence electrons. The molecule has 0 aromatic rings. The molecule has 0 atom stereocenters. The van der Waals surface area contributed by atoms with Gasteiger partial charge in [-0.3, -0.25) is 9.69 Å². The number of piperazine rings is 1. The Morgan fingerprint density at radius 1 is 1.29 bits per heavy atom. The Morgan fingerprint density at radius 2 is 1.93 bits per heavy atom. The largest absolute Gasteiger partial charge is 0.340 e. The zero-order valence-corrected chi connectivity index (χ0v) is 9.59. The maximum Gasteiger partial charge on any atom is 0.223 e. The van der Waals surface area contributed by atoms with Crippen LogP contribution in [0.2, 0.25) is 0 Å². The number of alkyl halides is 1. The molecule has 0 radical (unpaired) electrons. The maximum atomic E-state index is 11.5. The minimum absolute atomic E-state index is 0.205. The summed E-state index contributed by atoms with van der Waals surface area (Å²) in [7, 11) is 0. The molecule has 3 nitrogen and oxygen atoms in total. The van der Waals surface area contributed by atoms with E-state index in [0.717, 1.165) is 32.7 Å². The van der Waals surface area contributed by atoms with Crippen molar-refractivity contribution < 1.29 is 4.79 Å². The van der Waals surface area contributed by atoms with E-state index in [0.29, 0.717) is 12.3 Å². The van der Waals surface area contributed by atoms with Gasteiger partial charge in [-0.2, -0.15) is 0 Å². The van der Waals surface area contributed by atoms with Crippen molar-refractivity contribution in [3.8, 4) is 0 Å². The van der Waals surface area contributed by atoms with E-state index in [-0.39, 0.29) is 5.91 Å². The van der Waals surface area contributed by atoms with Crippen LogP contribution in [0.4, 0.5) is 0 Å². The predicted molar refractivity (Wildman–Crippen MR) is 58.6 cm³/mol. The van der Waals surface area contributed by atoms with E-state index in [1.807, 2.05) is 4.90 Å². The van der Waals surface area contributed by atoms with E-state index in [4.69, 9.17) is 11.6 Å². The van der Waals surface area contributed by atoms with Crippen LogP contribution in [-0.2, 0) is 4.79 Å². The molecule has 4 heteroatoms. The van der Waals surface area contributed by atoms with Gasteiger partial charge in [-0.25, -0.2) is 0 Å². The molecule has 1 aliphatic heterocycles. The second kappa shape index (κ2) is 6.25. The Morgan fingerprint density at radius 3 is 2.43 bits per heavy atom. The first-order chi connectivity index (χ1) is 6.77. The van der Waals surface area contributed by atoms with Crippen LogP contribution >= 0.6 is 11.6 Å². The Labute approximate surface area is 91.0 Å². The van der Waals surface area contributed by atoms with Crippen LogP contribution in [0.25, 0.3) is 0 Å². The first-order valence-corrected chi connectivity index (χ1v) is 5.87. The van der Waals surface area contributed by atoms with Crippen molar-refractivity contribution in [2.75, 3.05) is 38.6 Å². The van der Waals surface area contributed by atoms with E-state index < -0.39 is 0 Å². The smallest absolute Gasteiger partial charge is 0.223 e. The second-order valence-corrected chi connectivity index (χ2v) is 4.04. The highest BCUT2D eigenvalue weighted by Crippen LogP contribution is 2.04. The van der Waals surface area contributed by atoms with Crippen LogP contribution in [0.5, 0.6) is 0 Å². The third-order valence-electron chi connectivity index (χ3n) is 2.57. The standard InChI is InChI=1S/C10H19ClN2O/c1-2-5-12-6-8-13(9-7-12)10(14)3-4-11/h2-9H2,1H3. The average molecular weight is 219 g/mol. The minimum atomic E-state index is 0.205. The zero-order valence-electron chi connectivity index (χ0n) is 8.84. The summed E-state index contributed by atoms with van der Waals surface area (Å²) in [5, 5.41) is 0. The molecule has 14 heavy (non-hydrogen) atoms. The summed E-state index contributed by atoms with van der Waals surface area (Å²) in [6.45, 7) is 7.11. The average Bonchev–Trinajstić information content (AvgIpc) is 2.20. The molecule has 0 bridgehead atoms. The summed E-state index contributed by atoms with van der Waals surface area (Å²) in [5.41, 5.74) is 0. The molecule has 1 saturated heterocycles. The lowest BCUT2D eigenvalue weighted by Gasteiger charge is -2.34. The van der Waals surface area contributed by atoms with Gasteiger partial charge >= 0.3 is 0 Å². The predicted octanol–water partition coefficient (Wildman–Crippen LogP) is 1.17. The van der Waals surface area contributed by atoms with Crippen molar-refractivity contribution in [1.29, 1.82) is 0 Å². The van der Waals surface area contributed by atoms with Crippen molar-refractivity contribution in [1.82, 2.24) is 9.80 Å². The monoisotopic (exact) mass is 218 g/mol. The van der Waals surface area contributed by atoms with E-state index in [1.165, 1.54) is 6.42 Å². The molecule has 1 aliphatic rings. The number of nitrogens with zero attached hydrogens (tertiary/aromatic N) is 2. The van der Waals surface area contributed by atoms with Gasteiger partial charge in [0.2, 0.25) is 5.91 Å². The van der Waals surface area contributed by atoms with Gasteiger partial charge in [-0.15, -0.1) is 11.6 Å². The fourth-order valence-electron chi connectivity index (χ4n) is 1.78. The highest BCUT2D eigenvalue weighted by molar-refractivity contribution is 6.18. The highest BCUT2D eigenvalue weighted by Gasteiger charge is 2.19. The normalized spacial score (nSPS) is 18.6. The fraction of sp³-hybridized carbons (Fsp3) is 0.900. The molecule has 0 aliphatic carbocycles. The number of amides is 1. The molecule has 1 amide bonds. The number of hydrogen-bond acceptors (Lipinski definition) is 2. The second-order valence-electron chi connectivity index (χ2n) is 3.66. The molecule has 1 heterocycles. The van der Waals surface area contributed by atoms with Crippen LogP contribution in [-0.4, -0.2) is 54.3 Å². The molecule has 0 saturated carbocycles. The summed E-state index contributed by atoms with van der Waals surface area (Å²) in [6, 6.07) is 0. The van der Waals surface area contributed by atoms with E-state index in [2.05, 4.69) is 11.8 Å². The molecule has 1 fully saturated rings. The Balaban J connectivity index is 2.24. The van der Waals surface area contributed by atoms with Crippen LogP contribution in [0.1, 0.15) is 19.8 Å². The lowest BCUT2D eigenvalue weighted by atomic mass is 10.2. The quantitative estimate of drug-likeness (QED) is 0.662. The minimum Gasteiger partial charge on any atom is -0.340 e. The van der Waals surface area contributed by atoms with E-state index in [1.54, 1.807) is 0 Å². The van der Waals surface area contributed by atoms with Crippen molar-refractivity contribution >= 4 is 17.5 Å². The van der Waals surface area contributed by atoms with Crippen molar-refractivity contribution in [3.05, 3.63) is 0 Å². The maximum absolute atomic E-state index is 11.5. The topological polar surface area (TPSA) is 23.6 Å². The van der Waals surface area contributed by atoms with Gasteiger partial charge in [0, 0.05) is 38.5 Å². The number of halogens is 1. The number of carbonyl (C=O) groups excluding carboxylic acids is 1. The van der Waals surface area contributed by atoms with Gasteiger partial charge < -0.3 is 4.90 Å². The molecule has 1 rings (SSSR count). The van der Waals surface area contributed by atoms with Crippen molar-refractivity contribution in [2.45, 2.75) is 19.8 Å². The van der Waals surface area contributed by atoms with Gasteiger partial charge in [0.1, 0.15) is 0 Å². The molecule has 0 N–H and O–H groups in total. The Hall–Kier alpha value is -0.280. The summed E-state index contributed by atoms with van der Waals surface area (Å²) >= 11 is 5.54. The number of carbonyl (C=O) groups is 1. The Kier molecular flexibility index (Phi) is 5.26. The molecular weight excluding hydrogens is 200 g/mol. The summed E-state index contributed by atoms with van der Waals surface area (Å²) < 4.78 is 0. The summed E-state index contributed by atoms with van der Waals surface area (Å²) in [4.78, 5) is 15.8. The fourth-order valence-corrected chi connectivity index (χ4v) is 1.94. The van der Waals surface area contributed by atoms with E-state index in [9.17, 15) is 4.79 Å². The van der Waals surface area contributed by atoms with Crippen molar-refractivity contribution in [3.63, 3.8) is 0 Å². The Bertz CT molecular complexity index is 179. The lowest BCUT2D eigenvalue weighted by molar-refractivity contribution is -0.132. The van der Waals surface area contributed by atoms with E-state index >= 15 is 0 Å². The number of hydrogen-bond donors (Lipinski definition) is 0. The number of rotatable bonds is 4. The van der Waals surface area contributed by atoms with Gasteiger partial charge in [-0.05, 0) is 13.0 Å². The zero-order chi connectivity index (χ0) is 10.4.